The molecule has 0 atom stereocenters. The van der Waals surface area contributed by atoms with Crippen LogP contribution in [0.2, 0.25) is 0 Å². The fraction of sp³-hybridized carbons (Fsp3) is 0.357. The minimum atomic E-state index is 0.149. The predicted molar refractivity (Wildman–Crippen MR) is 74.5 cm³/mol. The maximum atomic E-state index is 11.0. The average Bonchev–Trinajstić information content (AvgIpc) is 2.78. The molecular weight excluding hydrogens is 216 g/mol. The molecule has 88 valence electrons. The summed E-state index contributed by atoms with van der Waals surface area (Å²) in [6.07, 6.45) is 0. The van der Waals surface area contributed by atoms with Gasteiger partial charge in [-0.25, -0.2) is 0 Å². The summed E-state index contributed by atoms with van der Waals surface area (Å²) < 4.78 is 1.18. The number of carbonyl (C=O) groups excluding carboxylic acids is 1. The number of hydrogen-bond donors (Lipinski definition) is 0. The van der Waals surface area contributed by atoms with E-state index in [0.29, 0.717) is 0 Å². The number of ketones is 1. The van der Waals surface area contributed by atoms with E-state index in [0.717, 1.165) is 10.3 Å². The molecule has 0 fully saturated rings. The van der Waals surface area contributed by atoms with Crippen molar-refractivity contribution < 1.29 is 4.79 Å². The highest BCUT2D eigenvalue weighted by Crippen LogP contribution is 2.25. The number of Topliss-reactive ketones (excluding diaryl/α,β-unsaturated/α-hetero) is 1. The normalized spacial score (nSPS) is 8.56. The summed E-state index contributed by atoms with van der Waals surface area (Å²) in [5, 5.41) is 1.16. The van der Waals surface area contributed by atoms with Crippen LogP contribution in [0, 0.1) is 0 Å². The molecule has 0 N–H and O–H groups in total. The molecule has 0 saturated heterocycles. The first kappa shape index (κ1) is 14.8. The lowest BCUT2D eigenvalue weighted by Crippen LogP contribution is -1.83. The lowest BCUT2D eigenvalue weighted by Gasteiger charge is -1.82. The Morgan fingerprint density at radius 2 is 1.62 bits per heavy atom. The quantitative estimate of drug-likeness (QED) is 0.625. The largest absolute Gasteiger partial charge is 0.294 e. The molecule has 0 aliphatic rings. The van der Waals surface area contributed by atoms with Gasteiger partial charge in [0.15, 0.2) is 5.78 Å². The molecule has 16 heavy (non-hydrogen) atoms. The maximum absolute atomic E-state index is 11.0. The fourth-order valence-electron chi connectivity index (χ4n) is 1.16. The zero-order valence-electron chi connectivity index (χ0n) is 10.7. The van der Waals surface area contributed by atoms with Crippen LogP contribution in [-0.4, -0.2) is 5.78 Å². The van der Waals surface area contributed by atoms with Crippen LogP contribution in [0.4, 0.5) is 0 Å². The first-order valence-electron chi connectivity index (χ1n) is 5.77. The predicted octanol–water partition coefficient (Wildman–Crippen LogP) is 5.16. The van der Waals surface area contributed by atoms with E-state index >= 15 is 0 Å². The highest BCUT2D eigenvalue weighted by atomic mass is 32.1. The molecule has 0 bridgehead atoms. The minimum absolute atomic E-state index is 0.149. The van der Waals surface area contributed by atoms with Crippen molar-refractivity contribution in [1.82, 2.24) is 0 Å². The third-order valence-electron chi connectivity index (χ3n) is 1.77. The summed E-state index contributed by atoms with van der Waals surface area (Å²) in [4.78, 5) is 11.9. The van der Waals surface area contributed by atoms with Crippen molar-refractivity contribution in [2.45, 2.75) is 34.6 Å². The Morgan fingerprint density at radius 3 is 2.12 bits per heavy atom. The third-order valence-corrected chi connectivity index (χ3v) is 2.99. The van der Waals surface area contributed by atoms with Crippen molar-refractivity contribution in [3.63, 3.8) is 0 Å². The van der Waals surface area contributed by atoms with Crippen molar-refractivity contribution in [3.05, 3.63) is 35.2 Å². The topological polar surface area (TPSA) is 17.1 Å². The number of benzene rings is 1. The molecule has 1 aromatic heterocycles. The Hall–Kier alpha value is -1.15. The van der Waals surface area contributed by atoms with E-state index in [-0.39, 0.29) is 5.78 Å². The van der Waals surface area contributed by atoms with Gasteiger partial charge in [-0.2, -0.15) is 0 Å². The number of fused-ring (bicyclic) bond motifs is 1. The lowest BCUT2D eigenvalue weighted by atomic mass is 10.2. The molecule has 0 amide bonds. The van der Waals surface area contributed by atoms with Gasteiger partial charge in [0.25, 0.3) is 0 Å². The summed E-state index contributed by atoms with van der Waals surface area (Å²) in [5.74, 6) is 0.149. The molecule has 1 aromatic carbocycles. The summed E-state index contributed by atoms with van der Waals surface area (Å²) in [5.41, 5.74) is 0. The number of carbonyl (C=O) groups is 1. The highest BCUT2D eigenvalue weighted by Gasteiger charge is 2.03. The lowest BCUT2D eigenvalue weighted by molar-refractivity contribution is 0.102. The van der Waals surface area contributed by atoms with Crippen LogP contribution in [0.5, 0.6) is 0 Å². The van der Waals surface area contributed by atoms with Gasteiger partial charge in [-0.1, -0.05) is 45.9 Å². The molecule has 1 nitrogen and oxygen atoms in total. The second-order valence-electron chi connectivity index (χ2n) is 2.70. The van der Waals surface area contributed by atoms with Crippen molar-refractivity contribution in [2.24, 2.45) is 0 Å². The maximum Gasteiger partial charge on any atom is 0.169 e. The monoisotopic (exact) mass is 236 g/mol. The molecule has 2 heteroatoms. The van der Waals surface area contributed by atoms with E-state index in [1.807, 2.05) is 58.0 Å². The van der Waals surface area contributed by atoms with Crippen LogP contribution in [0.1, 0.15) is 44.3 Å². The SMILES string of the molecule is CC.CC.CC(=O)c1cc2ccccc2s1. The van der Waals surface area contributed by atoms with Crippen LogP contribution in [0.15, 0.2) is 30.3 Å². The third kappa shape index (κ3) is 3.78. The first-order valence-corrected chi connectivity index (χ1v) is 6.58. The van der Waals surface area contributed by atoms with E-state index < -0.39 is 0 Å². The van der Waals surface area contributed by atoms with Gasteiger partial charge in [-0.3, -0.25) is 4.79 Å². The Morgan fingerprint density at radius 1 is 1.06 bits per heavy atom. The Bertz CT molecular complexity index is 396. The standard InChI is InChI=1S/C10H8OS.2C2H6/c1-7(11)10-6-8-4-2-3-5-9(8)12-10;2*1-2/h2-6H,1H3;2*1-2H3. The van der Waals surface area contributed by atoms with E-state index in [2.05, 4.69) is 0 Å². The second kappa shape index (κ2) is 8.05. The molecule has 0 aliphatic heterocycles. The van der Waals surface area contributed by atoms with E-state index in [1.165, 1.54) is 4.70 Å². The molecule has 0 spiro atoms. The summed E-state index contributed by atoms with van der Waals surface area (Å²) >= 11 is 1.56. The van der Waals surface area contributed by atoms with Gasteiger partial charge in [-0.05, 0) is 24.4 Å². The molecule has 0 radical (unpaired) electrons. The van der Waals surface area contributed by atoms with E-state index in [9.17, 15) is 4.79 Å². The summed E-state index contributed by atoms with van der Waals surface area (Å²) in [7, 11) is 0. The zero-order valence-corrected chi connectivity index (χ0v) is 11.5. The molecule has 2 rings (SSSR count). The summed E-state index contributed by atoms with van der Waals surface area (Å²) in [6.45, 7) is 9.60. The minimum Gasteiger partial charge on any atom is -0.294 e. The van der Waals surface area contributed by atoms with Crippen LogP contribution in [0.3, 0.4) is 0 Å². The zero-order chi connectivity index (χ0) is 12.6. The van der Waals surface area contributed by atoms with Gasteiger partial charge in [-0.15, -0.1) is 11.3 Å². The van der Waals surface area contributed by atoms with Crippen molar-refractivity contribution in [2.75, 3.05) is 0 Å². The van der Waals surface area contributed by atoms with Gasteiger partial charge >= 0.3 is 0 Å². The molecule has 1 heterocycles. The van der Waals surface area contributed by atoms with Gasteiger partial charge < -0.3 is 0 Å². The molecule has 0 saturated carbocycles. The Balaban J connectivity index is 0.000000509. The van der Waals surface area contributed by atoms with Crippen LogP contribution < -0.4 is 0 Å². The van der Waals surface area contributed by atoms with Crippen molar-refractivity contribution in [3.8, 4) is 0 Å². The van der Waals surface area contributed by atoms with E-state index in [4.69, 9.17) is 0 Å². The summed E-state index contributed by atoms with van der Waals surface area (Å²) in [6, 6.07) is 9.98. The highest BCUT2D eigenvalue weighted by molar-refractivity contribution is 7.20. The van der Waals surface area contributed by atoms with Crippen LogP contribution in [0.25, 0.3) is 10.1 Å². The molecule has 2 aromatic rings. The number of thiophene rings is 1. The van der Waals surface area contributed by atoms with Crippen molar-refractivity contribution >= 4 is 27.2 Å². The van der Waals surface area contributed by atoms with Gasteiger partial charge in [0.05, 0.1) is 4.88 Å². The van der Waals surface area contributed by atoms with Crippen LogP contribution in [-0.2, 0) is 0 Å². The van der Waals surface area contributed by atoms with Crippen molar-refractivity contribution in [1.29, 1.82) is 0 Å². The Labute approximate surface area is 102 Å². The smallest absolute Gasteiger partial charge is 0.169 e. The fourth-order valence-corrected chi connectivity index (χ4v) is 2.11. The molecular formula is C14H20OS. The molecule has 0 unspecified atom stereocenters. The number of hydrogen-bond acceptors (Lipinski definition) is 2. The van der Waals surface area contributed by atoms with Gasteiger partial charge in [0.1, 0.15) is 0 Å². The van der Waals surface area contributed by atoms with Gasteiger partial charge in [0.2, 0.25) is 0 Å². The second-order valence-corrected chi connectivity index (χ2v) is 3.79. The van der Waals surface area contributed by atoms with Crippen LogP contribution >= 0.6 is 11.3 Å². The number of rotatable bonds is 1. The molecule has 0 aliphatic carbocycles. The van der Waals surface area contributed by atoms with E-state index in [1.54, 1.807) is 18.3 Å². The first-order chi connectivity index (χ1) is 7.77. The average molecular weight is 236 g/mol. The Kier molecular flexibility index (Phi) is 7.48. The van der Waals surface area contributed by atoms with Gasteiger partial charge in [0, 0.05) is 4.70 Å².